The summed E-state index contributed by atoms with van der Waals surface area (Å²) < 4.78 is 216. The lowest BCUT2D eigenvalue weighted by molar-refractivity contribution is -0.305. The molecule has 0 spiro atoms. The maximum atomic E-state index is 13.2. The number of nitrogens with zero attached hydrogens (tertiary/aromatic N) is 1. The van der Waals surface area contributed by atoms with Crippen LogP contribution in [0.25, 0.3) is 4.13 Å². The summed E-state index contributed by atoms with van der Waals surface area (Å²) in [7, 11) is -17.0. The van der Waals surface area contributed by atoms with E-state index >= 15 is 0 Å². The van der Waals surface area contributed by atoms with E-state index in [0.717, 1.165) is 0 Å². The molecular weight excluding hydrogens is 480 g/mol. The molecule has 0 aromatic heterocycles. The Labute approximate surface area is 138 Å². The Morgan fingerprint density at radius 1 is 0.407 bits per heavy atom. The van der Waals surface area contributed by atoms with E-state index in [-0.39, 0.29) is 4.13 Å². The molecule has 0 aliphatic rings. The van der Waals surface area contributed by atoms with Crippen LogP contribution in [0.15, 0.2) is 0 Å². The molecule has 0 saturated carbocycles. The minimum atomic E-state index is -8.52. The topological polar surface area (TPSA) is 82.4 Å². The van der Waals surface area contributed by atoms with Crippen molar-refractivity contribution in [2.24, 2.45) is 0 Å². The van der Waals surface area contributed by atoms with Crippen LogP contribution in [0.3, 0.4) is 0 Å². The van der Waals surface area contributed by atoms with E-state index in [4.69, 9.17) is 0 Å². The first-order chi connectivity index (χ1) is 11.2. The molecule has 0 fully saturated rings. The van der Waals surface area contributed by atoms with Crippen LogP contribution in [-0.4, -0.2) is 51.5 Å². The lowest BCUT2D eigenvalue weighted by atomic mass is 10.3. The Bertz CT molecular complexity index is 674. The average molecular weight is 480 g/mol. The predicted molar refractivity (Wildman–Crippen MR) is 53.1 cm³/mol. The highest BCUT2D eigenvalue weighted by molar-refractivity contribution is 8.13. The molecule has 0 bridgehead atoms. The first-order valence-corrected chi connectivity index (χ1v) is 7.97. The van der Waals surface area contributed by atoms with Crippen LogP contribution in [0.2, 0.25) is 0 Å². The zero-order valence-corrected chi connectivity index (χ0v) is 12.8. The fourth-order valence-corrected chi connectivity index (χ4v) is 4.16. The van der Waals surface area contributed by atoms with Gasteiger partial charge in [-0.2, -0.15) is 52.7 Å². The maximum absolute atomic E-state index is 13.2. The van der Waals surface area contributed by atoms with Crippen molar-refractivity contribution in [3.8, 4) is 0 Å². The van der Waals surface area contributed by atoms with E-state index < -0.39 is 54.8 Å². The van der Waals surface area contributed by atoms with Gasteiger partial charge in [-0.15, -0.1) is 0 Å². The van der Waals surface area contributed by atoms with Crippen molar-refractivity contribution in [2.45, 2.75) is 34.7 Å². The molecule has 5 nitrogen and oxygen atoms in total. The quantitative estimate of drug-likeness (QED) is 0.576. The van der Waals surface area contributed by atoms with Gasteiger partial charge in [-0.1, -0.05) is 0 Å². The van der Waals surface area contributed by atoms with Crippen LogP contribution in [0.5, 0.6) is 0 Å². The third-order valence-electron chi connectivity index (χ3n) is 2.37. The van der Waals surface area contributed by atoms with E-state index in [1.807, 2.05) is 0 Å². The van der Waals surface area contributed by atoms with Crippen molar-refractivity contribution < 1.29 is 78.3 Å². The first-order valence-electron chi connectivity index (χ1n) is 5.09. The van der Waals surface area contributed by atoms with Gasteiger partial charge in [0.2, 0.25) is 0 Å². The zero-order chi connectivity index (χ0) is 22.7. The van der Waals surface area contributed by atoms with Gasteiger partial charge in [-0.05, 0) is 0 Å². The van der Waals surface area contributed by atoms with Crippen LogP contribution in [0.4, 0.5) is 61.5 Å². The van der Waals surface area contributed by atoms with Crippen molar-refractivity contribution >= 4 is 20.0 Å². The molecule has 0 rings (SSSR count). The van der Waals surface area contributed by atoms with Gasteiger partial charge in [0.15, 0.2) is 0 Å². The molecule has 0 N–H and O–H groups in total. The van der Waals surface area contributed by atoms with Gasteiger partial charge in [0.1, 0.15) is 20.0 Å². The number of rotatable bonds is 4. The third-order valence-corrected chi connectivity index (χ3v) is 6.28. The normalized spacial score (nSPS) is 16.5. The molecule has 0 heterocycles. The summed E-state index contributed by atoms with van der Waals surface area (Å²) in [5.41, 5.74) is 0. The summed E-state index contributed by atoms with van der Waals surface area (Å²) >= 11 is 0. The molecule has 0 aromatic carbocycles. The maximum Gasteiger partial charge on any atom is 0.445 e. The molecule has 0 aromatic rings. The summed E-state index contributed by atoms with van der Waals surface area (Å²) in [4.78, 5) is 0. The number of hydrogen-bond acceptors (Lipinski definition) is 4. The monoisotopic (exact) mass is 480 g/mol. The molecular formula is C6F14NO4S2-. The third kappa shape index (κ3) is 3.76. The van der Waals surface area contributed by atoms with Crippen LogP contribution >= 0.6 is 0 Å². The van der Waals surface area contributed by atoms with Gasteiger partial charge in [0.25, 0.3) is 0 Å². The SMILES string of the molecule is O=S(=O)([N-]S(=O)(=O)C(F)(C(F)(F)F)C(F)(F)F)C(F)(C(F)(F)F)C(F)(F)F. The number of alkyl halides is 14. The fraction of sp³-hybridized carbons (Fsp3) is 1.00. The van der Waals surface area contributed by atoms with Gasteiger partial charge in [0.05, 0.1) is 0 Å². The highest BCUT2D eigenvalue weighted by Gasteiger charge is 2.81. The minimum Gasteiger partial charge on any atom is -0.429 e. The fourth-order valence-electron chi connectivity index (χ4n) is 1.14. The molecule has 0 aliphatic heterocycles. The van der Waals surface area contributed by atoms with Crippen molar-refractivity contribution in [3.05, 3.63) is 4.13 Å². The summed E-state index contributed by atoms with van der Waals surface area (Å²) in [6, 6.07) is 0. The second-order valence-corrected chi connectivity index (χ2v) is 7.83. The smallest absolute Gasteiger partial charge is 0.429 e. The number of hydrogen-bond donors (Lipinski definition) is 0. The van der Waals surface area contributed by atoms with Crippen LogP contribution in [0, 0.1) is 0 Å². The van der Waals surface area contributed by atoms with Crippen molar-refractivity contribution in [3.63, 3.8) is 0 Å². The van der Waals surface area contributed by atoms with Crippen LogP contribution in [0.1, 0.15) is 0 Å². The Morgan fingerprint density at radius 3 is 0.667 bits per heavy atom. The molecule has 0 unspecified atom stereocenters. The Balaban J connectivity index is 6.81. The van der Waals surface area contributed by atoms with Gasteiger partial charge >= 0.3 is 34.7 Å². The van der Waals surface area contributed by atoms with Crippen LogP contribution < -0.4 is 0 Å². The lowest BCUT2D eigenvalue weighted by Crippen LogP contribution is -2.61. The number of sulfonamides is 2. The minimum absolute atomic E-state index is 0.0653. The molecule has 0 radical (unpaired) electrons. The second-order valence-electron chi connectivity index (χ2n) is 4.21. The van der Waals surface area contributed by atoms with Crippen molar-refractivity contribution in [1.82, 2.24) is 0 Å². The summed E-state index contributed by atoms with van der Waals surface area (Å²) in [6.07, 6.45) is -30.8. The van der Waals surface area contributed by atoms with Crippen molar-refractivity contribution in [1.29, 1.82) is 0 Å². The lowest BCUT2D eigenvalue weighted by Gasteiger charge is -2.39. The van der Waals surface area contributed by atoms with E-state index in [9.17, 15) is 78.3 Å². The Morgan fingerprint density at radius 2 is 0.556 bits per heavy atom. The van der Waals surface area contributed by atoms with Crippen LogP contribution in [-0.2, 0) is 20.0 Å². The molecule has 21 heteroatoms. The molecule has 0 amide bonds. The zero-order valence-electron chi connectivity index (χ0n) is 11.2. The van der Waals surface area contributed by atoms with E-state index in [0.29, 0.717) is 0 Å². The Hall–Kier alpha value is -1.12. The highest BCUT2D eigenvalue weighted by Crippen LogP contribution is 2.56. The van der Waals surface area contributed by atoms with E-state index in [1.54, 1.807) is 0 Å². The molecule has 0 aliphatic carbocycles. The molecule has 0 saturated heterocycles. The van der Waals surface area contributed by atoms with E-state index in [2.05, 4.69) is 0 Å². The molecule has 0 atom stereocenters. The highest BCUT2D eigenvalue weighted by atomic mass is 32.3. The number of halogens is 14. The predicted octanol–water partition coefficient (Wildman–Crippen LogP) is 3.60. The van der Waals surface area contributed by atoms with E-state index in [1.165, 1.54) is 0 Å². The largest absolute Gasteiger partial charge is 0.445 e. The summed E-state index contributed by atoms with van der Waals surface area (Å²) in [6.45, 7) is 0. The standard InChI is InChI=1S/C6F14NO4S2/c7-1(3(9,10)11,4(12,13)14)26(22,23)21-27(24,25)2(8,5(15,16)17)6(18,19)20/q-1. The Kier molecular flexibility index (Phi) is 5.93. The van der Waals surface area contributed by atoms with Crippen molar-refractivity contribution in [2.75, 3.05) is 0 Å². The summed E-state index contributed by atoms with van der Waals surface area (Å²) in [5, 5.41) is -15.6. The summed E-state index contributed by atoms with van der Waals surface area (Å²) in [5.74, 6) is 0. The van der Waals surface area contributed by atoms with Gasteiger partial charge < -0.3 is 4.13 Å². The molecule has 27 heavy (non-hydrogen) atoms. The second kappa shape index (κ2) is 6.19. The molecule has 164 valence electrons. The van der Waals surface area contributed by atoms with Gasteiger partial charge in [-0.25, -0.2) is 25.6 Å². The first kappa shape index (κ1) is 25.9. The average Bonchev–Trinajstić information content (AvgIpc) is 2.29. The van der Waals surface area contributed by atoms with Gasteiger partial charge in [-0.3, -0.25) is 0 Å². The van der Waals surface area contributed by atoms with Gasteiger partial charge in [0, 0.05) is 0 Å².